The van der Waals surface area contributed by atoms with Crippen molar-refractivity contribution in [1.82, 2.24) is 0 Å². The fraction of sp³-hybridized carbons (Fsp3) is 0.222. The third-order valence-corrected chi connectivity index (χ3v) is 4.40. The second-order valence-electron chi connectivity index (χ2n) is 5.92. The fourth-order valence-corrected chi connectivity index (χ4v) is 3.03. The fourth-order valence-electron chi connectivity index (χ4n) is 2.86. The summed E-state index contributed by atoms with van der Waals surface area (Å²) in [4.78, 5) is 24.9. The largest absolute Gasteiger partial charge is 0.375 e. The van der Waals surface area contributed by atoms with Gasteiger partial charge in [0.15, 0.2) is 11.4 Å². The highest BCUT2D eigenvalue weighted by Gasteiger charge is 2.47. The zero-order chi connectivity index (χ0) is 16.8. The lowest BCUT2D eigenvalue weighted by atomic mass is 9.87. The molecule has 0 aliphatic carbocycles. The van der Waals surface area contributed by atoms with E-state index in [2.05, 4.69) is 5.32 Å². The van der Waals surface area contributed by atoms with Crippen molar-refractivity contribution in [3.8, 4) is 0 Å². The molecule has 0 saturated heterocycles. The molecule has 2 N–H and O–H groups in total. The maximum absolute atomic E-state index is 12.6. The lowest BCUT2D eigenvalue weighted by Crippen LogP contribution is -2.36. The monoisotopic (exact) mass is 329 g/mol. The summed E-state index contributed by atoms with van der Waals surface area (Å²) < 4.78 is 0. The van der Waals surface area contributed by atoms with Gasteiger partial charge in [0.05, 0.1) is 6.42 Å². The predicted molar refractivity (Wildman–Crippen MR) is 88.8 cm³/mol. The molecular formula is C18H16ClNO3. The van der Waals surface area contributed by atoms with Gasteiger partial charge in [-0.25, -0.2) is 0 Å². The Hall–Kier alpha value is -2.17. The maximum atomic E-state index is 12.6. The summed E-state index contributed by atoms with van der Waals surface area (Å²) in [6.45, 7) is 3.72. The highest BCUT2D eigenvalue weighted by molar-refractivity contribution is 6.31. The van der Waals surface area contributed by atoms with Crippen LogP contribution in [0.4, 0.5) is 5.69 Å². The van der Waals surface area contributed by atoms with E-state index >= 15 is 0 Å². The summed E-state index contributed by atoms with van der Waals surface area (Å²) in [6, 6.07) is 10.3. The molecule has 23 heavy (non-hydrogen) atoms. The molecule has 0 bridgehead atoms. The molecule has 118 valence electrons. The number of rotatable bonds is 3. The minimum absolute atomic E-state index is 0.281. The maximum Gasteiger partial charge on any atom is 0.261 e. The normalized spacial score (nSPS) is 19.4. The van der Waals surface area contributed by atoms with Crippen molar-refractivity contribution in [1.29, 1.82) is 0 Å². The van der Waals surface area contributed by atoms with Gasteiger partial charge < -0.3 is 10.4 Å². The molecule has 0 fully saturated rings. The van der Waals surface area contributed by atoms with Gasteiger partial charge in [0.1, 0.15) is 0 Å². The van der Waals surface area contributed by atoms with Crippen molar-refractivity contribution in [2.75, 3.05) is 5.32 Å². The molecule has 2 aromatic rings. The van der Waals surface area contributed by atoms with E-state index < -0.39 is 11.5 Å². The van der Waals surface area contributed by atoms with Crippen LogP contribution in [0, 0.1) is 13.8 Å². The molecule has 2 aromatic carbocycles. The molecule has 0 aromatic heterocycles. The molecule has 5 heteroatoms. The number of Topliss-reactive ketones (excluding diaryl/α,β-unsaturated/α-hetero) is 1. The summed E-state index contributed by atoms with van der Waals surface area (Å²) >= 11 is 5.96. The molecule has 1 atom stereocenters. The predicted octanol–water partition coefficient (Wildman–Crippen LogP) is 3.37. The number of benzene rings is 2. The number of carbonyl (C=O) groups is 2. The van der Waals surface area contributed by atoms with Crippen molar-refractivity contribution in [2.45, 2.75) is 25.9 Å². The van der Waals surface area contributed by atoms with Crippen LogP contribution in [0.25, 0.3) is 0 Å². The Morgan fingerprint density at radius 2 is 1.96 bits per heavy atom. The summed E-state index contributed by atoms with van der Waals surface area (Å²) in [7, 11) is 0. The number of aryl methyl sites for hydroxylation is 2. The first kappa shape index (κ1) is 15.7. The molecule has 1 unspecified atom stereocenters. The van der Waals surface area contributed by atoms with Crippen molar-refractivity contribution in [3.05, 3.63) is 63.7 Å². The lowest BCUT2D eigenvalue weighted by Gasteiger charge is -2.20. The number of halogens is 1. The molecule has 1 heterocycles. The Bertz CT molecular complexity index is 831. The molecule has 4 nitrogen and oxygen atoms in total. The highest BCUT2D eigenvalue weighted by Crippen LogP contribution is 2.40. The van der Waals surface area contributed by atoms with E-state index in [-0.39, 0.29) is 12.2 Å². The third-order valence-electron chi connectivity index (χ3n) is 4.16. The van der Waals surface area contributed by atoms with E-state index in [4.69, 9.17) is 11.6 Å². The Labute approximate surface area is 139 Å². The van der Waals surface area contributed by atoms with Gasteiger partial charge in [0.25, 0.3) is 5.91 Å². The van der Waals surface area contributed by atoms with Crippen LogP contribution in [0.1, 0.15) is 33.5 Å². The third kappa shape index (κ3) is 2.64. The van der Waals surface area contributed by atoms with Crippen molar-refractivity contribution >= 4 is 29.0 Å². The summed E-state index contributed by atoms with van der Waals surface area (Å²) in [5.74, 6) is -0.884. The van der Waals surface area contributed by atoms with Crippen molar-refractivity contribution < 1.29 is 14.7 Å². The van der Waals surface area contributed by atoms with Gasteiger partial charge >= 0.3 is 0 Å². The zero-order valence-electron chi connectivity index (χ0n) is 12.8. The van der Waals surface area contributed by atoms with Crippen LogP contribution in [-0.2, 0) is 10.4 Å². The smallest absolute Gasteiger partial charge is 0.261 e. The van der Waals surface area contributed by atoms with Gasteiger partial charge in [-0.15, -0.1) is 0 Å². The number of fused-ring (bicyclic) bond motifs is 1. The number of carbonyl (C=O) groups excluding carboxylic acids is 2. The van der Waals surface area contributed by atoms with Crippen molar-refractivity contribution in [2.24, 2.45) is 0 Å². The second-order valence-corrected chi connectivity index (χ2v) is 6.36. The molecule has 1 aliphatic rings. The van der Waals surface area contributed by atoms with E-state index in [9.17, 15) is 14.7 Å². The summed E-state index contributed by atoms with van der Waals surface area (Å²) in [5, 5.41) is 13.8. The summed E-state index contributed by atoms with van der Waals surface area (Å²) in [5.41, 5.74) is 1.21. The number of amides is 1. The zero-order valence-corrected chi connectivity index (χ0v) is 13.6. The quantitative estimate of drug-likeness (QED) is 0.848. The molecule has 1 aliphatic heterocycles. The molecular weight excluding hydrogens is 314 g/mol. The topological polar surface area (TPSA) is 66.4 Å². The van der Waals surface area contributed by atoms with E-state index in [1.165, 1.54) is 6.07 Å². The SMILES string of the molecule is Cc1ccc(C)c(C(=O)CC2(O)C(=O)Nc3ccc(Cl)cc32)c1. The molecule has 0 saturated carbocycles. The number of aliphatic hydroxyl groups is 1. The lowest BCUT2D eigenvalue weighted by molar-refractivity contribution is -0.133. The first-order valence-electron chi connectivity index (χ1n) is 7.25. The second kappa shape index (κ2) is 5.48. The van der Waals surface area contributed by atoms with Crippen LogP contribution in [0.2, 0.25) is 5.02 Å². The van der Waals surface area contributed by atoms with Crippen LogP contribution >= 0.6 is 11.6 Å². The van der Waals surface area contributed by atoms with Gasteiger partial charge in [-0.3, -0.25) is 9.59 Å². The van der Waals surface area contributed by atoms with Crippen LogP contribution < -0.4 is 5.32 Å². The number of ketones is 1. The van der Waals surface area contributed by atoms with Gasteiger partial charge in [-0.2, -0.15) is 0 Å². The molecule has 1 amide bonds. The van der Waals surface area contributed by atoms with Gasteiger partial charge in [0.2, 0.25) is 0 Å². The average Bonchev–Trinajstić information content (AvgIpc) is 2.73. The molecule has 3 rings (SSSR count). The Morgan fingerprint density at radius 1 is 1.22 bits per heavy atom. The Balaban J connectivity index is 1.99. The van der Waals surface area contributed by atoms with E-state index in [0.717, 1.165) is 11.1 Å². The molecule has 0 spiro atoms. The first-order chi connectivity index (χ1) is 10.8. The first-order valence-corrected chi connectivity index (χ1v) is 7.63. The van der Waals surface area contributed by atoms with Gasteiger partial charge in [-0.1, -0.05) is 29.3 Å². The Kier molecular flexibility index (Phi) is 3.74. The van der Waals surface area contributed by atoms with Crippen molar-refractivity contribution in [3.63, 3.8) is 0 Å². The van der Waals surface area contributed by atoms with Crippen LogP contribution in [-0.4, -0.2) is 16.8 Å². The Morgan fingerprint density at radius 3 is 2.70 bits per heavy atom. The van der Waals surface area contributed by atoms with Gasteiger partial charge in [0, 0.05) is 21.8 Å². The standard InChI is InChI=1S/C18H16ClNO3/c1-10-3-4-11(2)13(7-10)16(21)9-18(23)14-8-12(19)5-6-15(14)20-17(18)22/h3-8,23H,9H2,1-2H3,(H,20,22). The van der Waals surface area contributed by atoms with E-state index in [0.29, 0.717) is 21.8 Å². The van der Waals surface area contributed by atoms with E-state index in [1.54, 1.807) is 18.2 Å². The van der Waals surface area contributed by atoms with Crippen LogP contribution in [0.5, 0.6) is 0 Å². The number of anilines is 1. The minimum atomic E-state index is -1.90. The average molecular weight is 330 g/mol. The van der Waals surface area contributed by atoms with Crippen LogP contribution in [0.15, 0.2) is 36.4 Å². The number of hydrogen-bond donors (Lipinski definition) is 2. The summed E-state index contributed by atoms with van der Waals surface area (Å²) in [6.07, 6.45) is -0.323. The number of hydrogen-bond acceptors (Lipinski definition) is 3. The van der Waals surface area contributed by atoms with E-state index in [1.807, 2.05) is 26.0 Å². The van der Waals surface area contributed by atoms with Crippen LogP contribution in [0.3, 0.4) is 0 Å². The highest BCUT2D eigenvalue weighted by atomic mass is 35.5. The number of nitrogens with one attached hydrogen (secondary N) is 1. The van der Waals surface area contributed by atoms with Gasteiger partial charge in [-0.05, 0) is 43.7 Å². The molecule has 0 radical (unpaired) electrons. The minimum Gasteiger partial charge on any atom is -0.375 e.